The summed E-state index contributed by atoms with van der Waals surface area (Å²) in [6, 6.07) is 15.8. The lowest BCUT2D eigenvalue weighted by Gasteiger charge is -2.12. The molecule has 2 aromatic carbocycles. The van der Waals surface area contributed by atoms with Crippen molar-refractivity contribution < 1.29 is 13.9 Å². The van der Waals surface area contributed by atoms with Gasteiger partial charge in [0.2, 0.25) is 11.2 Å². The van der Waals surface area contributed by atoms with Gasteiger partial charge in [0, 0.05) is 28.6 Å². The molecule has 10 heteroatoms. The number of fused-ring (bicyclic) bond motifs is 2. The van der Waals surface area contributed by atoms with E-state index in [0.717, 1.165) is 5.16 Å². The summed E-state index contributed by atoms with van der Waals surface area (Å²) in [6.45, 7) is 0.317. The molecule has 0 aliphatic heterocycles. The van der Waals surface area contributed by atoms with E-state index in [4.69, 9.17) is 37.1 Å². The molecule has 0 fully saturated rings. The van der Waals surface area contributed by atoms with Gasteiger partial charge in [0.05, 0.1) is 24.1 Å². The van der Waals surface area contributed by atoms with Crippen LogP contribution in [0, 0.1) is 0 Å². The highest BCUT2D eigenvalue weighted by Crippen LogP contribution is 2.33. The molecule has 0 spiro atoms. The highest BCUT2D eigenvalue weighted by molar-refractivity contribution is 7.99. The fourth-order valence-corrected chi connectivity index (χ4v) is 4.72. The molecule has 0 atom stereocenters. The van der Waals surface area contributed by atoms with Gasteiger partial charge in [-0.15, -0.1) is 10.2 Å². The average Bonchev–Trinajstić information content (AvgIpc) is 3.29. The number of ether oxygens (including phenoxy) is 2. The first-order valence-electron chi connectivity index (χ1n) is 10.7. The minimum absolute atomic E-state index is 0.162. The van der Waals surface area contributed by atoms with Gasteiger partial charge in [-0.25, -0.2) is 0 Å². The summed E-state index contributed by atoms with van der Waals surface area (Å²) in [5.74, 6) is 1.81. The first-order chi connectivity index (χ1) is 17.0. The quantitative estimate of drug-likeness (QED) is 0.171. The lowest BCUT2D eigenvalue weighted by atomic mass is 10.1. The van der Waals surface area contributed by atoms with Crippen LogP contribution in [0.1, 0.15) is 6.42 Å². The number of nitrogens with zero attached hydrogens (tertiary/aromatic N) is 3. The Bertz CT molecular complexity index is 1570. The van der Waals surface area contributed by atoms with Crippen molar-refractivity contribution in [2.45, 2.75) is 11.6 Å². The third-order valence-corrected chi connectivity index (χ3v) is 6.86. The molecule has 0 saturated carbocycles. The van der Waals surface area contributed by atoms with Crippen molar-refractivity contribution in [3.63, 3.8) is 0 Å². The SMILES string of the molecule is COc1ccc2c(=O)c(OCCCSc3nnc4c(Cl)cccn34)c(-c3ccc(Cl)cc3)oc2c1. The predicted octanol–water partition coefficient (Wildman–Crippen LogP) is 6.38. The van der Waals surface area contributed by atoms with E-state index < -0.39 is 0 Å². The van der Waals surface area contributed by atoms with E-state index in [1.165, 1.54) is 11.8 Å². The van der Waals surface area contributed by atoms with Crippen molar-refractivity contribution >= 4 is 51.6 Å². The van der Waals surface area contributed by atoms with Gasteiger partial charge in [-0.05, 0) is 55.0 Å². The van der Waals surface area contributed by atoms with Gasteiger partial charge in [-0.3, -0.25) is 9.20 Å². The summed E-state index contributed by atoms with van der Waals surface area (Å²) in [4.78, 5) is 13.3. The summed E-state index contributed by atoms with van der Waals surface area (Å²) >= 11 is 13.7. The Morgan fingerprint density at radius 2 is 1.91 bits per heavy atom. The number of rotatable bonds is 8. The number of pyridine rings is 1. The second kappa shape index (κ2) is 10.2. The van der Waals surface area contributed by atoms with Crippen molar-refractivity contribution in [3.05, 3.63) is 81.1 Å². The highest BCUT2D eigenvalue weighted by atomic mass is 35.5. The van der Waals surface area contributed by atoms with Crippen LogP contribution in [0.3, 0.4) is 0 Å². The second-order valence-electron chi connectivity index (χ2n) is 7.54. The van der Waals surface area contributed by atoms with Gasteiger partial charge in [-0.2, -0.15) is 0 Å². The smallest absolute Gasteiger partial charge is 0.235 e. The number of hydrogen-bond acceptors (Lipinski definition) is 7. The van der Waals surface area contributed by atoms with Crippen molar-refractivity contribution in [2.24, 2.45) is 0 Å². The van der Waals surface area contributed by atoms with E-state index in [1.807, 2.05) is 16.7 Å². The topological polar surface area (TPSA) is 78.9 Å². The first-order valence-corrected chi connectivity index (χ1v) is 12.4. The van der Waals surface area contributed by atoms with E-state index in [-0.39, 0.29) is 11.2 Å². The number of hydrogen-bond donors (Lipinski definition) is 0. The van der Waals surface area contributed by atoms with Gasteiger partial charge >= 0.3 is 0 Å². The molecule has 35 heavy (non-hydrogen) atoms. The van der Waals surface area contributed by atoms with Gasteiger partial charge in [-0.1, -0.05) is 35.0 Å². The molecule has 0 amide bonds. The fraction of sp³-hybridized carbons (Fsp3) is 0.160. The summed E-state index contributed by atoms with van der Waals surface area (Å²) in [5.41, 5.74) is 1.47. The Labute approximate surface area is 214 Å². The van der Waals surface area contributed by atoms with Crippen LogP contribution in [0.25, 0.3) is 27.9 Å². The normalized spacial score (nSPS) is 11.3. The van der Waals surface area contributed by atoms with Crippen molar-refractivity contribution in [2.75, 3.05) is 19.5 Å². The molecular formula is C25H19Cl2N3O4S. The van der Waals surface area contributed by atoms with E-state index in [1.54, 1.807) is 55.6 Å². The Hall–Kier alpha value is -3.20. The number of benzene rings is 2. The van der Waals surface area contributed by atoms with E-state index in [9.17, 15) is 4.79 Å². The molecule has 0 unspecified atom stereocenters. The van der Waals surface area contributed by atoms with Crippen LogP contribution < -0.4 is 14.9 Å². The molecule has 0 radical (unpaired) electrons. The number of aromatic nitrogens is 3. The molecular weight excluding hydrogens is 509 g/mol. The lowest BCUT2D eigenvalue weighted by molar-refractivity contribution is 0.310. The Balaban J connectivity index is 1.37. The van der Waals surface area contributed by atoms with Gasteiger partial charge in [0.1, 0.15) is 11.3 Å². The van der Waals surface area contributed by atoms with Crippen LogP contribution in [-0.2, 0) is 0 Å². The number of halogens is 2. The number of methoxy groups -OCH3 is 1. The molecule has 3 aromatic heterocycles. The van der Waals surface area contributed by atoms with Gasteiger partial charge in [0.25, 0.3) is 0 Å². The van der Waals surface area contributed by atoms with Gasteiger partial charge in [0.15, 0.2) is 16.6 Å². The Morgan fingerprint density at radius 1 is 1.09 bits per heavy atom. The average molecular weight is 528 g/mol. The summed E-state index contributed by atoms with van der Waals surface area (Å²) in [6.07, 6.45) is 2.54. The maximum atomic E-state index is 13.3. The molecule has 5 aromatic rings. The van der Waals surface area contributed by atoms with E-state index in [0.29, 0.717) is 62.5 Å². The Kier molecular flexibility index (Phi) is 6.86. The number of thioether (sulfide) groups is 1. The summed E-state index contributed by atoms with van der Waals surface area (Å²) in [5, 5.41) is 10.6. The molecule has 3 heterocycles. The van der Waals surface area contributed by atoms with Crippen LogP contribution in [0.5, 0.6) is 11.5 Å². The van der Waals surface area contributed by atoms with Crippen LogP contribution in [-0.4, -0.2) is 34.1 Å². The van der Waals surface area contributed by atoms with E-state index >= 15 is 0 Å². The third-order valence-electron chi connectivity index (χ3n) is 5.29. The zero-order chi connectivity index (χ0) is 24.4. The zero-order valence-electron chi connectivity index (χ0n) is 18.5. The van der Waals surface area contributed by atoms with Crippen LogP contribution in [0.15, 0.2) is 75.2 Å². The monoisotopic (exact) mass is 527 g/mol. The van der Waals surface area contributed by atoms with Crippen molar-refractivity contribution in [1.82, 2.24) is 14.6 Å². The molecule has 7 nitrogen and oxygen atoms in total. The highest BCUT2D eigenvalue weighted by Gasteiger charge is 2.18. The minimum Gasteiger partial charge on any atom is -0.497 e. The van der Waals surface area contributed by atoms with Crippen LogP contribution >= 0.6 is 35.0 Å². The third kappa shape index (κ3) is 4.82. The van der Waals surface area contributed by atoms with Crippen LogP contribution in [0.4, 0.5) is 0 Å². The Morgan fingerprint density at radius 3 is 2.71 bits per heavy atom. The zero-order valence-corrected chi connectivity index (χ0v) is 20.9. The minimum atomic E-state index is -0.246. The summed E-state index contributed by atoms with van der Waals surface area (Å²) < 4.78 is 19.2. The predicted molar refractivity (Wildman–Crippen MR) is 138 cm³/mol. The van der Waals surface area contributed by atoms with E-state index in [2.05, 4.69) is 10.2 Å². The second-order valence-corrected chi connectivity index (χ2v) is 9.45. The molecule has 178 valence electrons. The maximum Gasteiger partial charge on any atom is 0.235 e. The molecule has 5 rings (SSSR count). The van der Waals surface area contributed by atoms with Gasteiger partial charge < -0.3 is 13.9 Å². The summed E-state index contributed by atoms with van der Waals surface area (Å²) in [7, 11) is 1.56. The molecule has 0 aliphatic rings. The fourth-order valence-electron chi connectivity index (χ4n) is 3.56. The van der Waals surface area contributed by atoms with Crippen LogP contribution in [0.2, 0.25) is 10.0 Å². The maximum absolute atomic E-state index is 13.3. The molecule has 0 N–H and O–H groups in total. The lowest BCUT2D eigenvalue weighted by Crippen LogP contribution is -2.11. The molecule has 0 saturated heterocycles. The molecule has 0 aliphatic carbocycles. The van der Waals surface area contributed by atoms with Crippen molar-refractivity contribution in [3.8, 4) is 22.8 Å². The molecule has 0 bridgehead atoms. The first kappa shape index (κ1) is 23.5. The standard InChI is InChI=1S/C25H19Cl2N3O4S/c1-32-17-9-10-18-20(14-17)34-22(15-5-7-16(26)8-6-15)23(21(18)31)33-12-3-13-35-25-29-28-24-19(27)4-2-11-30(24)25/h2,4-11,14H,3,12-13H2,1H3. The van der Waals surface area contributed by atoms with Crippen molar-refractivity contribution in [1.29, 1.82) is 0 Å². The largest absolute Gasteiger partial charge is 0.497 e.